The highest BCUT2D eigenvalue weighted by atomic mass is 32.1. The number of fused-ring (bicyclic) bond motifs is 1. The Morgan fingerprint density at radius 1 is 1.14 bits per heavy atom. The summed E-state index contributed by atoms with van der Waals surface area (Å²) in [6.45, 7) is 3.01. The minimum absolute atomic E-state index is 0.353. The highest BCUT2D eigenvalue weighted by molar-refractivity contribution is 7.82. The van der Waals surface area contributed by atoms with Gasteiger partial charge in [0.05, 0.1) is 24.6 Å². The van der Waals surface area contributed by atoms with Gasteiger partial charge in [-0.15, -0.1) is 0 Å². The fraction of sp³-hybridized carbons (Fsp3) is 0.150. The Hall–Kier alpha value is -3.46. The van der Waals surface area contributed by atoms with E-state index in [-0.39, 0.29) is 6.03 Å². The van der Waals surface area contributed by atoms with E-state index < -0.39 is 0 Å². The average Bonchev–Trinajstić information content (AvgIpc) is 3.21. The van der Waals surface area contributed by atoms with Crippen LogP contribution < -0.4 is 9.62 Å². The largest absolute Gasteiger partial charge is 0.337 e. The number of nitrogens with zero attached hydrogens (tertiary/aromatic N) is 6. The van der Waals surface area contributed by atoms with Crippen LogP contribution in [-0.4, -0.2) is 37.3 Å². The first-order valence-corrected chi connectivity index (χ1v) is 9.51. The van der Waals surface area contributed by atoms with Crippen LogP contribution in [0.15, 0.2) is 61.1 Å². The van der Waals surface area contributed by atoms with Crippen molar-refractivity contribution in [1.29, 1.82) is 0 Å². The summed E-state index contributed by atoms with van der Waals surface area (Å²) >= 11 is 4.22. The molecule has 3 heterocycles. The summed E-state index contributed by atoms with van der Waals surface area (Å²) in [5.74, 6) is 0.373. The van der Waals surface area contributed by atoms with E-state index in [1.54, 1.807) is 24.5 Å². The summed E-state index contributed by atoms with van der Waals surface area (Å²) < 4.78 is 3.00. The lowest BCUT2D eigenvalue weighted by atomic mass is 10.2. The van der Waals surface area contributed by atoms with Gasteiger partial charge in [0.1, 0.15) is 11.3 Å². The van der Waals surface area contributed by atoms with Crippen LogP contribution in [0.2, 0.25) is 0 Å². The third-order valence-electron chi connectivity index (χ3n) is 4.25. The zero-order valence-electron chi connectivity index (χ0n) is 15.7. The third kappa shape index (κ3) is 4.19. The van der Waals surface area contributed by atoms with E-state index in [4.69, 9.17) is 0 Å². The minimum atomic E-state index is -0.353. The Kier molecular flexibility index (Phi) is 5.39. The molecule has 29 heavy (non-hydrogen) atoms. The summed E-state index contributed by atoms with van der Waals surface area (Å²) in [5, 5.41) is 7.09. The number of aromatic nitrogens is 5. The van der Waals surface area contributed by atoms with Gasteiger partial charge in [-0.1, -0.05) is 43.1 Å². The molecular weight excluding hydrogens is 386 g/mol. The number of hydrogen-bond acceptors (Lipinski definition) is 6. The fourth-order valence-corrected chi connectivity index (χ4v) is 3.01. The van der Waals surface area contributed by atoms with E-state index in [1.165, 1.54) is 0 Å². The van der Waals surface area contributed by atoms with Crippen molar-refractivity contribution in [3.8, 4) is 11.3 Å². The Morgan fingerprint density at radius 3 is 2.76 bits per heavy atom. The van der Waals surface area contributed by atoms with Crippen LogP contribution in [0, 0.1) is 0 Å². The van der Waals surface area contributed by atoms with Crippen LogP contribution >= 0.6 is 12.8 Å². The van der Waals surface area contributed by atoms with E-state index in [2.05, 4.69) is 50.3 Å². The lowest BCUT2D eigenvalue weighted by Gasteiger charge is -2.14. The predicted octanol–water partition coefficient (Wildman–Crippen LogP) is 3.32. The highest BCUT2D eigenvalue weighted by Gasteiger charge is 2.14. The molecule has 2 amide bonds. The predicted molar refractivity (Wildman–Crippen MR) is 115 cm³/mol. The Morgan fingerprint density at radius 2 is 1.97 bits per heavy atom. The fourth-order valence-electron chi connectivity index (χ4n) is 2.83. The van der Waals surface area contributed by atoms with Crippen molar-refractivity contribution in [2.45, 2.75) is 13.5 Å². The maximum Gasteiger partial charge on any atom is 0.333 e. The summed E-state index contributed by atoms with van der Waals surface area (Å²) in [5.41, 5.74) is 3.72. The van der Waals surface area contributed by atoms with Crippen molar-refractivity contribution in [3.05, 3.63) is 66.6 Å². The van der Waals surface area contributed by atoms with Gasteiger partial charge in [0.15, 0.2) is 5.65 Å². The van der Waals surface area contributed by atoms with Crippen molar-refractivity contribution in [3.63, 3.8) is 0 Å². The van der Waals surface area contributed by atoms with Crippen molar-refractivity contribution < 1.29 is 4.79 Å². The number of carbonyl (C=O) groups is 1. The molecule has 0 saturated heterocycles. The second-order valence-electron chi connectivity index (χ2n) is 6.33. The van der Waals surface area contributed by atoms with Crippen molar-refractivity contribution in [1.82, 2.24) is 30.0 Å². The van der Waals surface area contributed by atoms with Crippen LogP contribution in [0.5, 0.6) is 0 Å². The molecule has 1 N–H and O–H groups in total. The lowest BCUT2D eigenvalue weighted by Crippen LogP contribution is -2.34. The molecule has 0 fully saturated rings. The van der Waals surface area contributed by atoms with Crippen LogP contribution in [-0.2, 0) is 6.54 Å². The van der Waals surface area contributed by atoms with E-state index >= 15 is 0 Å². The van der Waals surface area contributed by atoms with Gasteiger partial charge >= 0.3 is 6.03 Å². The molecule has 4 aromatic rings. The van der Waals surface area contributed by atoms with Gasteiger partial charge < -0.3 is 5.32 Å². The van der Waals surface area contributed by atoms with E-state index in [0.717, 1.165) is 15.4 Å². The molecular formula is C20H19N7OS. The molecule has 146 valence electrons. The van der Waals surface area contributed by atoms with Crippen molar-refractivity contribution in [2.75, 3.05) is 10.8 Å². The molecule has 0 spiro atoms. The Bertz CT molecular complexity index is 1150. The molecule has 0 atom stereocenters. The molecule has 0 saturated carbocycles. The number of nitrogens with one attached hydrogen (secondary N) is 1. The number of hydrogen-bond donors (Lipinski definition) is 2. The van der Waals surface area contributed by atoms with Crippen LogP contribution in [0.1, 0.15) is 12.5 Å². The van der Waals surface area contributed by atoms with Crippen LogP contribution in [0.3, 0.4) is 0 Å². The summed E-state index contributed by atoms with van der Waals surface area (Å²) in [6, 6.07) is 13.2. The summed E-state index contributed by atoms with van der Waals surface area (Å²) in [4.78, 5) is 25.4. The first-order chi connectivity index (χ1) is 14.1. The van der Waals surface area contributed by atoms with Crippen molar-refractivity contribution >= 4 is 35.8 Å². The molecule has 1 aromatic carbocycles. The topological polar surface area (TPSA) is 88.8 Å². The molecule has 3 aromatic heterocycles. The molecule has 0 bridgehead atoms. The number of urea groups is 1. The quantitative estimate of drug-likeness (QED) is 0.497. The molecule has 0 aliphatic carbocycles. The molecule has 0 aliphatic rings. The Balaban J connectivity index is 1.60. The van der Waals surface area contributed by atoms with E-state index in [0.29, 0.717) is 35.8 Å². The molecule has 0 unspecified atom stereocenters. The van der Waals surface area contributed by atoms with Gasteiger partial charge in [0.2, 0.25) is 0 Å². The summed E-state index contributed by atoms with van der Waals surface area (Å²) in [6.07, 6.45) is 5.37. The van der Waals surface area contributed by atoms with Gasteiger partial charge in [0.25, 0.3) is 0 Å². The first-order valence-electron chi connectivity index (χ1n) is 9.11. The van der Waals surface area contributed by atoms with E-state index in [1.807, 2.05) is 36.0 Å². The first kappa shape index (κ1) is 18.9. The molecule has 0 radical (unpaired) electrons. The minimum Gasteiger partial charge on any atom is -0.337 e. The van der Waals surface area contributed by atoms with Gasteiger partial charge in [-0.2, -0.15) is 5.10 Å². The number of carbonyl (C=O) groups excluding carboxylic acids is 1. The van der Waals surface area contributed by atoms with Crippen LogP contribution in [0.4, 0.5) is 10.6 Å². The standard InChI is InChI=1S/C20H19N7OS/c1-2-21-20(28)27(29)18-9-8-16-19(25-18)24-17(11-22-16)15-10-23-26(13-15)12-14-6-4-3-5-7-14/h3-11,13,29H,2,12H2,1H3,(H,21,28). The van der Waals surface area contributed by atoms with Gasteiger partial charge in [0, 0.05) is 18.3 Å². The van der Waals surface area contributed by atoms with Crippen molar-refractivity contribution in [2.24, 2.45) is 0 Å². The van der Waals surface area contributed by atoms with Crippen LogP contribution in [0.25, 0.3) is 22.4 Å². The second-order valence-corrected chi connectivity index (χ2v) is 6.73. The smallest absolute Gasteiger partial charge is 0.333 e. The number of thiol groups is 1. The van der Waals surface area contributed by atoms with Gasteiger partial charge in [-0.3, -0.25) is 9.67 Å². The zero-order valence-corrected chi connectivity index (χ0v) is 16.6. The summed E-state index contributed by atoms with van der Waals surface area (Å²) in [7, 11) is 0. The Labute approximate surface area is 173 Å². The van der Waals surface area contributed by atoms with E-state index in [9.17, 15) is 4.79 Å². The molecule has 4 rings (SSSR count). The van der Waals surface area contributed by atoms with Gasteiger partial charge in [-0.25, -0.2) is 19.1 Å². The number of pyridine rings is 1. The maximum atomic E-state index is 12.0. The number of rotatable bonds is 5. The van der Waals surface area contributed by atoms with Gasteiger partial charge in [-0.05, 0) is 24.6 Å². The average molecular weight is 405 g/mol. The second kappa shape index (κ2) is 8.27. The molecule has 0 aliphatic heterocycles. The normalized spacial score (nSPS) is 10.8. The number of anilines is 1. The number of amides is 2. The maximum absolute atomic E-state index is 12.0. The molecule has 8 nitrogen and oxygen atoms in total. The highest BCUT2D eigenvalue weighted by Crippen LogP contribution is 2.21. The zero-order chi connectivity index (χ0) is 20.2. The molecule has 9 heteroatoms. The number of benzene rings is 1. The lowest BCUT2D eigenvalue weighted by molar-refractivity contribution is 0.250. The monoisotopic (exact) mass is 405 g/mol. The third-order valence-corrected chi connectivity index (χ3v) is 4.63. The SMILES string of the molecule is CCNC(=O)N(S)c1ccc2ncc(-c3cnn(Cc4ccccc4)c3)nc2n1.